The zero-order valence-corrected chi connectivity index (χ0v) is 15.9. The summed E-state index contributed by atoms with van der Waals surface area (Å²) in [6.45, 7) is 2.28. The Morgan fingerprint density at radius 1 is 1.07 bits per heavy atom. The number of ether oxygens (including phenoxy) is 2. The monoisotopic (exact) mass is 368 g/mol. The highest BCUT2D eigenvalue weighted by Crippen LogP contribution is 2.35. The van der Waals surface area contributed by atoms with Gasteiger partial charge in [-0.3, -0.25) is 0 Å². The number of hydrogen-bond donors (Lipinski definition) is 1. The van der Waals surface area contributed by atoms with Gasteiger partial charge in [0.25, 0.3) is 0 Å². The molecule has 4 nitrogen and oxygen atoms in total. The molecule has 1 aliphatic rings. The van der Waals surface area contributed by atoms with E-state index in [0.29, 0.717) is 12.5 Å². The molecule has 27 heavy (non-hydrogen) atoms. The molecule has 0 spiro atoms. The Labute approximate surface area is 161 Å². The molecule has 0 aromatic heterocycles. The van der Waals surface area contributed by atoms with Crippen molar-refractivity contribution in [1.29, 1.82) is 0 Å². The van der Waals surface area contributed by atoms with Crippen molar-refractivity contribution in [2.45, 2.75) is 51.0 Å². The topological polar surface area (TPSA) is 55.8 Å². The average Bonchev–Trinajstić information content (AvgIpc) is 2.68. The van der Waals surface area contributed by atoms with Gasteiger partial charge in [-0.05, 0) is 68.2 Å². The molecule has 0 unspecified atom stereocenters. The standard InChI is InChI=1S/C23H28O4/c1-17-5-11-21(12-6-17)27-22-4-2-3-20(15-22)19-9-7-18(8-10-19)13-14-26-16-23(24)25/h5-12,20,22H,2-4,13-16H2,1H3,(H,24,25)/t20-,22+/m1/s1. The fourth-order valence-electron chi connectivity index (χ4n) is 3.67. The number of benzene rings is 2. The number of aliphatic carboxylic acids is 1. The molecule has 1 fully saturated rings. The largest absolute Gasteiger partial charge is 0.490 e. The van der Waals surface area contributed by atoms with Crippen molar-refractivity contribution >= 4 is 5.97 Å². The lowest BCUT2D eigenvalue weighted by Gasteiger charge is -2.30. The number of carbonyl (C=O) groups is 1. The number of carboxylic acids is 1. The first kappa shape index (κ1) is 19.4. The van der Waals surface area contributed by atoms with Crippen LogP contribution in [-0.4, -0.2) is 30.4 Å². The summed E-state index contributed by atoms with van der Waals surface area (Å²) >= 11 is 0. The van der Waals surface area contributed by atoms with Gasteiger partial charge in [-0.25, -0.2) is 4.79 Å². The molecule has 0 radical (unpaired) electrons. The lowest BCUT2D eigenvalue weighted by molar-refractivity contribution is -0.142. The SMILES string of the molecule is Cc1ccc(O[C@H]2CCC[C@@H](c3ccc(CCOCC(=O)O)cc3)C2)cc1. The van der Waals surface area contributed by atoms with Gasteiger partial charge in [0.1, 0.15) is 12.4 Å². The van der Waals surface area contributed by atoms with E-state index in [-0.39, 0.29) is 12.7 Å². The van der Waals surface area contributed by atoms with Crippen LogP contribution in [0.2, 0.25) is 0 Å². The molecule has 1 N–H and O–H groups in total. The normalized spacial score (nSPS) is 19.6. The number of aryl methyl sites for hydroxylation is 1. The van der Waals surface area contributed by atoms with Gasteiger partial charge in [0.05, 0.1) is 12.7 Å². The smallest absolute Gasteiger partial charge is 0.329 e. The first-order chi connectivity index (χ1) is 13.1. The van der Waals surface area contributed by atoms with Gasteiger partial charge in [-0.15, -0.1) is 0 Å². The zero-order chi connectivity index (χ0) is 19.1. The van der Waals surface area contributed by atoms with E-state index >= 15 is 0 Å². The maximum atomic E-state index is 10.5. The predicted molar refractivity (Wildman–Crippen MR) is 105 cm³/mol. The average molecular weight is 368 g/mol. The minimum atomic E-state index is -0.926. The van der Waals surface area contributed by atoms with Crippen molar-refractivity contribution in [1.82, 2.24) is 0 Å². The van der Waals surface area contributed by atoms with Crippen molar-refractivity contribution in [2.75, 3.05) is 13.2 Å². The molecule has 0 bridgehead atoms. The van der Waals surface area contributed by atoms with E-state index in [1.54, 1.807) is 0 Å². The quantitative estimate of drug-likeness (QED) is 0.684. The minimum Gasteiger partial charge on any atom is -0.490 e. The summed E-state index contributed by atoms with van der Waals surface area (Å²) in [5, 5.41) is 8.58. The van der Waals surface area contributed by atoms with Crippen LogP contribution in [0.15, 0.2) is 48.5 Å². The fourth-order valence-corrected chi connectivity index (χ4v) is 3.67. The molecule has 1 saturated carbocycles. The van der Waals surface area contributed by atoms with Gasteiger partial charge in [0, 0.05) is 0 Å². The molecule has 0 heterocycles. The van der Waals surface area contributed by atoms with Crippen LogP contribution in [0.3, 0.4) is 0 Å². The molecule has 1 aliphatic carbocycles. The number of rotatable bonds is 8. The highest BCUT2D eigenvalue weighted by Gasteiger charge is 2.24. The molecule has 2 aromatic rings. The third kappa shape index (κ3) is 6.10. The Morgan fingerprint density at radius 3 is 2.52 bits per heavy atom. The van der Waals surface area contributed by atoms with Gasteiger partial charge in [-0.1, -0.05) is 42.0 Å². The van der Waals surface area contributed by atoms with E-state index in [0.717, 1.165) is 25.0 Å². The van der Waals surface area contributed by atoms with E-state index in [4.69, 9.17) is 14.6 Å². The van der Waals surface area contributed by atoms with Crippen molar-refractivity contribution in [3.8, 4) is 5.75 Å². The second kappa shape index (κ2) is 9.56. The lowest BCUT2D eigenvalue weighted by atomic mass is 9.82. The van der Waals surface area contributed by atoms with Crippen molar-refractivity contribution in [2.24, 2.45) is 0 Å². The van der Waals surface area contributed by atoms with E-state index < -0.39 is 5.97 Å². The maximum Gasteiger partial charge on any atom is 0.329 e. The number of carboxylic acid groups (broad SMARTS) is 1. The van der Waals surface area contributed by atoms with Crippen molar-refractivity contribution in [3.63, 3.8) is 0 Å². The summed E-state index contributed by atoms with van der Waals surface area (Å²) in [7, 11) is 0. The van der Waals surface area contributed by atoms with E-state index in [1.807, 2.05) is 0 Å². The van der Waals surface area contributed by atoms with Gasteiger partial charge in [0.15, 0.2) is 0 Å². The third-order valence-corrected chi connectivity index (χ3v) is 5.16. The van der Waals surface area contributed by atoms with E-state index in [2.05, 4.69) is 55.5 Å². The van der Waals surface area contributed by atoms with Crippen molar-refractivity contribution < 1.29 is 19.4 Å². The van der Waals surface area contributed by atoms with Gasteiger partial charge < -0.3 is 14.6 Å². The van der Waals surface area contributed by atoms with Crippen LogP contribution in [0.5, 0.6) is 5.75 Å². The van der Waals surface area contributed by atoms with Gasteiger partial charge in [0.2, 0.25) is 0 Å². The Hall–Kier alpha value is -2.33. The predicted octanol–water partition coefficient (Wildman–Crippen LogP) is 4.74. The summed E-state index contributed by atoms with van der Waals surface area (Å²) in [6.07, 6.45) is 5.56. The van der Waals surface area contributed by atoms with E-state index in [1.165, 1.54) is 29.5 Å². The molecule has 0 saturated heterocycles. The van der Waals surface area contributed by atoms with Crippen LogP contribution < -0.4 is 4.74 Å². The Kier molecular flexibility index (Phi) is 6.88. The highest BCUT2D eigenvalue weighted by molar-refractivity contribution is 5.67. The molecule has 4 heteroatoms. The summed E-state index contributed by atoms with van der Waals surface area (Å²) in [5.41, 5.74) is 3.78. The first-order valence-electron chi connectivity index (χ1n) is 9.72. The van der Waals surface area contributed by atoms with Crippen LogP contribution in [0, 0.1) is 6.92 Å². The molecule has 2 aromatic carbocycles. The van der Waals surface area contributed by atoms with Gasteiger partial charge >= 0.3 is 5.97 Å². The lowest BCUT2D eigenvalue weighted by Crippen LogP contribution is -2.24. The van der Waals surface area contributed by atoms with Crippen LogP contribution in [0.1, 0.15) is 48.3 Å². The third-order valence-electron chi connectivity index (χ3n) is 5.16. The Bertz CT molecular complexity index is 721. The highest BCUT2D eigenvalue weighted by atomic mass is 16.5. The molecular formula is C23H28O4. The first-order valence-corrected chi connectivity index (χ1v) is 9.72. The molecule has 144 valence electrons. The van der Waals surface area contributed by atoms with Crippen LogP contribution >= 0.6 is 0 Å². The Balaban J connectivity index is 1.51. The summed E-state index contributed by atoms with van der Waals surface area (Å²) in [5.74, 6) is 0.569. The maximum absolute atomic E-state index is 10.5. The van der Waals surface area contributed by atoms with Crippen LogP contribution in [-0.2, 0) is 16.0 Å². The second-order valence-electron chi connectivity index (χ2n) is 7.35. The van der Waals surface area contributed by atoms with E-state index in [9.17, 15) is 4.79 Å². The van der Waals surface area contributed by atoms with Crippen LogP contribution in [0.4, 0.5) is 0 Å². The molecule has 0 aliphatic heterocycles. The zero-order valence-electron chi connectivity index (χ0n) is 15.9. The molecule has 2 atom stereocenters. The second-order valence-corrected chi connectivity index (χ2v) is 7.35. The summed E-state index contributed by atoms with van der Waals surface area (Å²) in [6, 6.07) is 17.0. The van der Waals surface area contributed by atoms with Crippen molar-refractivity contribution in [3.05, 3.63) is 65.2 Å². The van der Waals surface area contributed by atoms with Crippen LogP contribution in [0.25, 0.3) is 0 Å². The molecule has 0 amide bonds. The summed E-state index contributed by atoms with van der Waals surface area (Å²) in [4.78, 5) is 10.5. The number of hydrogen-bond acceptors (Lipinski definition) is 3. The molecule has 3 rings (SSSR count). The minimum absolute atomic E-state index is 0.234. The fraction of sp³-hybridized carbons (Fsp3) is 0.435. The molecular weight excluding hydrogens is 340 g/mol. The summed E-state index contributed by atoms with van der Waals surface area (Å²) < 4.78 is 11.3. The Morgan fingerprint density at radius 2 is 1.81 bits per heavy atom. The van der Waals surface area contributed by atoms with Gasteiger partial charge in [-0.2, -0.15) is 0 Å².